The first-order chi connectivity index (χ1) is 13.1. The Balaban J connectivity index is 1.38. The number of aryl methyl sites for hydroxylation is 3. The van der Waals surface area contributed by atoms with Gasteiger partial charge in [0.25, 0.3) is 0 Å². The monoisotopic (exact) mass is 365 g/mol. The van der Waals surface area contributed by atoms with Gasteiger partial charge in [0.2, 0.25) is 5.91 Å². The molecule has 2 heterocycles. The Bertz CT molecular complexity index is 810. The molecule has 4 rings (SSSR count). The number of benzene rings is 1. The van der Waals surface area contributed by atoms with Gasteiger partial charge < -0.3 is 9.88 Å². The van der Waals surface area contributed by atoms with E-state index in [0.717, 1.165) is 19.4 Å². The van der Waals surface area contributed by atoms with E-state index < -0.39 is 0 Å². The van der Waals surface area contributed by atoms with E-state index in [0.29, 0.717) is 12.6 Å². The molecule has 2 aliphatic rings. The molecule has 0 unspecified atom stereocenters. The Labute approximate surface area is 162 Å². The van der Waals surface area contributed by atoms with Crippen LogP contribution in [0.25, 0.3) is 0 Å². The van der Waals surface area contributed by atoms with E-state index in [1.54, 1.807) is 0 Å². The van der Waals surface area contributed by atoms with Crippen LogP contribution in [0, 0.1) is 0 Å². The molecule has 1 fully saturated rings. The molecular weight excluding hydrogens is 334 g/mol. The smallest absolute Gasteiger partial charge is 0.234 e. The molecule has 1 amide bonds. The third kappa shape index (κ3) is 3.96. The minimum absolute atomic E-state index is 0.0563. The zero-order chi connectivity index (χ0) is 18.8. The molecule has 0 saturated carbocycles. The fraction of sp³-hybridized carbons (Fsp3) is 0.522. The quantitative estimate of drug-likeness (QED) is 0.872. The molecule has 1 saturated heterocycles. The van der Waals surface area contributed by atoms with Gasteiger partial charge in [0.15, 0.2) is 0 Å². The van der Waals surface area contributed by atoms with Crippen molar-refractivity contribution in [2.75, 3.05) is 13.1 Å². The second-order valence-electron chi connectivity index (χ2n) is 8.20. The lowest BCUT2D eigenvalue weighted by Gasteiger charge is -2.26. The van der Waals surface area contributed by atoms with Gasteiger partial charge in [-0.3, -0.25) is 9.69 Å². The Kier molecular flexibility index (Phi) is 5.35. The predicted octanol–water partition coefficient (Wildman–Crippen LogP) is 3.92. The standard InChI is InChI=1S/C23H31N3O/c1-17(19-12-11-18-7-3-4-8-20(18)15-19)24-23(27)16-26-14-6-10-22(26)21-9-5-13-25(21)2/h5,9,11-13,15,17,22H,3-4,6-8,10,14,16H2,1-2H3,(H,24,27)/t17-,22+/m0/s1. The first-order valence-electron chi connectivity index (χ1n) is 10.4. The Morgan fingerprint density at radius 3 is 2.78 bits per heavy atom. The Morgan fingerprint density at radius 2 is 2.00 bits per heavy atom. The molecular formula is C23H31N3O. The van der Waals surface area contributed by atoms with Gasteiger partial charge in [-0.25, -0.2) is 0 Å². The minimum Gasteiger partial charge on any atom is -0.353 e. The van der Waals surface area contributed by atoms with Gasteiger partial charge in [0.05, 0.1) is 18.6 Å². The van der Waals surface area contributed by atoms with Crippen LogP contribution in [0.2, 0.25) is 0 Å². The number of nitrogens with zero attached hydrogens (tertiary/aromatic N) is 2. The molecule has 2 atom stereocenters. The van der Waals surface area contributed by atoms with Crippen molar-refractivity contribution in [3.63, 3.8) is 0 Å². The molecule has 4 nitrogen and oxygen atoms in total. The van der Waals surface area contributed by atoms with Crippen molar-refractivity contribution in [3.05, 3.63) is 58.9 Å². The van der Waals surface area contributed by atoms with Gasteiger partial charge in [-0.1, -0.05) is 18.2 Å². The molecule has 27 heavy (non-hydrogen) atoms. The van der Waals surface area contributed by atoms with Crippen LogP contribution in [-0.4, -0.2) is 28.5 Å². The fourth-order valence-corrected chi connectivity index (χ4v) is 4.75. The molecule has 4 heteroatoms. The van der Waals surface area contributed by atoms with Gasteiger partial charge in [-0.05, 0) is 80.8 Å². The van der Waals surface area contributed by atoms with Crippen LogP contribution in [0.1, 0.15) is 67.1 Å². The highest BCUT2D eigenvalue weighted by Gasteiger charge is 2.29. The van der Waals surface area contributed by atoms with Gasteiger partial charge in [-0.2, -0.15) is 0 Å². The van der Waals surface area contributed by atoms with Crippen LogP contribution in [0.4, 0.5) is 0 Å². The molecule has 0 radical (unpaired) electrons. The highest BCUT2D eigenvalue weighted by molar-refractivity contribution is 5.78. The number of aromatic nitrogens is 1. The zero-order valence-electron chi connectivity index (χ0n) is 16.6. The molecule has 1 N–H and O–H groups in total. The third-order valence-electron chi connectivity index (χ3n) is 6.29. The maximum Gasteiger partial charge on any atom is 0.234 e. The van der Waals surface area contributed by atoms with E-state index in [4.69, 9.17) is 0 Å². The average molecular weight is 366 g/mol. The summed E-state index contributed by atoms with van der Waals surface area (Å²) in [4.78, 5) is 15.0. The summed E-state index contributed by atoms with van der Waals surface area (Å²) in [7, 11) is 2.09. The highest BCUT2D eigenvalue weighted by atomic mass is 16.2. The summed E-state index contributed by atoms with van der Waals surface area (Å²) in [5.74, 6) is 0.126. The maximum absolute atomic E-state index is 12.7. The van der Waals surface area contributed by atoms with Crippen molar-refractivity contribution in [1.29, 1.82) is 0 Å². The number of hydrogen-bond acceptors (Lipinski definition) is 2. The number of carbonyl (C=O) groups is 1. The molecule has 1 aromatic carbocycles. The largest absolute Gasteiger partial charge is 0.353 e. The lowest BCUT2D eigenvalue weighted by atomic mass is 9.89. The van der Waals surface area contributed by atoms with E-state index >= 15 is 0 Å². The first-order valence-corrected chi connectivity index (χ1v) is 10.4. The van der Waals surface area contributed by atoms with E-state index in [2.05, 4.69) is 65.3 Å². The fourth-order valence-electron chi connectivity index (χ4n) is 4.75. The predicted molar refractivity (Wildman–Crippen MR) is 109 cm³/mol. The molecule has 144 valence electrons. The first kappa shape index (κ1) is 18.3. The zero-order valence-corrected chi connectivity index (χ0v) is 16.6. The van der Waals surface area contributed by atoms with Crippen LogP contribution >= 0.6 is 0 Å². The van der Waals surface area contributed by atoms with Crippen molar-refractivity contribution < 1.29 is 4.79 Å². The summed E-state index contributed by atoms with van der Waals surface area (Å²) in [5, 5.41) is 3.22. The maximum atomic E-state index is 12.7. The van der Waals surface area contributed by atoms with Crippen molar-refractivity contribution in [3.8, 4) is 0 Å². The molecule has 0 bridgehead atoms. The van der Waals surface area contributed by atoms with E-state index in [-0.39, 0.29) is 11.9 Å². The summed E-state index contributed by atoms with van der Waals surface area (Å²) in [6, 6.07) is 11.4. The van der Waals surface area contributed by atoms with E-state index in [1.807, 2.05) is 0 Å². The normalized spacial score (nSPS) is 21.0. The molecule has 2 aromatic rings. The number of rotatable bonds is 5. The Hall–Kier alpha value is -2.07. The SMILES string of the molecule is C[C@H](NC(=O)CN1CCC[C@@H]1c1cccn1C)c1ccc2c(c1)CCCC2. The van der Waals surface area contributed by atoms with Gasteiger partial charge in [0.1, 0.15) is 0 Å². The molecule has 1 aliphatic heterocycles. The average Bonchev–Trinajstić information content (AvgIpc) is 3.29. The number of hydrogen-bond donors (Lipinski definition) is 1. The number of amides is 1. The van der Waals surface area contributed by atoms with E-state index in [9.17, 15) is 4.79 Å². The molecule has 1 aliphatic carbocycles. The summed E-state index contributed by atoms with van der Waals surface area (Å²) in [6.45, 7) is 3.57. The van der Waals surface area contributed by atoms with Gasteiger partial charge in [0, 0.05) is 18.9 Å². The van der Waals surface area contributed by atoms with Crippen LogP contribution in [0.5, 0.6) is 0 Å². The van der Waals surface area contributed by atoms with Gasteiger partial charge in [-0.15, -0.1) is 0 Å². The molecule has 0 spiro atoms. The second-order valence-corrected chi connectivity index (χ2v) is 8.20. The second kappa shape index (κ2) is 7.89. The topological polar surface area (TPSA) is 37.3 Å². The number of nitrogens with one attached hydrogen (secondary N) is 1. The lowest BCUT2D eigenvalue weighted by Crippen LogP contribution is -2.38. The van der Waals surface area contributed by atoms with Gasteiger partial charge >= 0.3 is 0 Å². The highest BCUT2D eigenvalue weighted by Crippen LogP contribution is 2.31. The summed E-state index contributed by atoms with van der Waals surface area (Å²) in [5.41, 5.74) is 5.50. The van der Waals surface area contributed by atoms with Crippen molar-refractivity contribution >= 4 is 5.91 Å². The summed E-state index contributed by atoms with van der Waals surface area (Å²) >= 11 is 0. The number of carbonyl (C=O) groups excluding carboxylic acids is 1. The number of fused-ring (bicyclic) bond motifs is 1. The minimum atomic E-state index is 0.0563. The molecule has 1 aromatic heterocycles. The van der Waals surface area contributed by atoms with Crippen LogP contribution in [0.3, 0.4) is 0 Å². The van der Waals surface area contributed by atoms with Crippen molar-refractivity contribution in [2.45, 2.75) is 57.5 Å². The van der Waals surface area contributed by atoms with Crippen molar-refractivity contribution in [1.82, 2.24) is 14.8 Å². The number of likely N-dealkylation sites (tertiary alicyclic amines) is 1. The van der Waals surface area contributed by atoms with Crippen LogP contribution < -0.4 is 5.32 Å². The van der Waals surface area contributed by atoms with Crippen molar-refractivity contribution in [2.24, 2.45) is 7.05 Å². The summed E-state index contributed by atoms with van der Waals surface area (Å²) < 4.78 is 2.18. The van der Waals surface area contributed by atoms with Crippen LogP contribution in [0.15, 0.2) is 36.5 Å². The van der Waals surface area contributed by atoms with Crippen LogP contribution in [-0.2, 0) is 24.7 Å². The lowest BCUT2D eigenvalue weighted by molar-refractivity contribution is -0.123. The van der Waals surface area contributed by atoms with E-state index in [1.165, 1.54) is 48.1 Å². The summed E-state index contributed by atoms with van der Waals surface area (Å²) in [6.07, 6.45) is 9.34. The Morgan fingerprint density at radius 1 is 1.19 bits per heavy atom. The third-order valence-corrected chi connectivity index (χ3v) is 6.29.